The zero-order valence-corrected chi connectivity index (χ0v) is 18.6. The van der Waals surface area contributed by atoms with E-state index in [1.807, 2.05) is 18.2 Å². The minimum absolute atomic E-state index is 0. The van der Waals surface area contributed by atoms with Gasteiger partial charge in [-0.05, 0) is 28.8 Å². The third-order valence-electron chi connectivity index (χ3n) is 3.77. The van der Waals surface area contributed by atoms with Gasteiger partial charge in [-0.15, -0.1) is 24.0 Å². The van der Waals surface area contributed by atoms with Crippen LogP contribution in [0.2, 0.25) is 0 Å². The number of guanidine groups is 1. The van der Waals surface area contributed by atoms with Crippen LogP contribution in [0.25, 0.3) is 0 Å². The Morgan fingerprint density at radius 3 is 2.17 bits per heavy atom. The lowest BCUT2D eigenvalue weighted by Gasteiger charge is -2.13. The molecule has 0 spiro atoms. The van der Waals surface area contributed by atoms with Crippen molar-refractivity contribution in [2.24, 2.45) is 4.99 Å². The highest BCUT2D eigenvalue weighted by Gasteiger charge is 2.28. The van der Waals surface area contributed by atoms with Crippen molar-refractivity contribution in [1.82, 2.24) is 10.6 Å². The zero-order valence-electron chi connectivity index (χ0n) is 16.3. The lowest BCUT2D eigenvalue weighted by atomic mass is 10.1. The van der Waals surface area contributed by atoms with E-state index in [1.54, 1.807) is 26.3 Å². The predicted molar refractivity (Wildman–Crippen MR) is 118 cm³/mol. The number of ether oxygens (including phenoxy) is 2. The van der Waals surface area contributed by atoms with E-state index in [4.69, 9.17) is 9.47 Å². The summed E-state index contributed by atoms with van der Waals surface area (Å²) in [7, 11) is 3.33. The number of rotatable bonds is 8. The van der Waals surface area contributed by atoms with Crippen LogP contribution < -0.4 is 15.4 Å². The smallest absolute Gasteiger partial charge is 0.422 e. The first-order valence-electron chi connectivity index (χ1n) is 8.69. The maximum Gasteiger partial charge on any atom is 0.422 e. The number of benzene rings is 2. The fraction of sp³-hybridized carbons (Fsp3) is 0.350. The highest BCUT2D eigenvalue weighted by atomic mass is 127. The first kappa shape index (κ1) is 25.0. The normalized spacial score (nSPS) is 11.6. The Morgan fingerprint density at radius 2 is 1.59 bits per heavy atom. The molecule has 0 amide bonds. The molecule has 29 heavy (non-hydrogen) atoms. The molecule has 0 unspecified atom stereocenters. The topological polar surface area (TPSA) is 54.9 Å². The molecule has 0 atom stereocenters. The molecular weight excluding hydrogens is 498 g/mol. The highest BCUT2D eigenvalue weighted by Crippen LogP contribution is 2.18. The van der Waals surface area contributed by atoms with Crippen molar-refractivity contribution in [2.45, 2.75) is 25.9 Å². The van der Waals surface area contributed by atoms with E-state index in [1.165, 1.54) is 12.1 Å². The molecule has 2 aromatic carbocycles. The molecule has 0 aromatic heterocycles. The molecule has 0 heterocycles. The van der Waals surface area contributed by atoms with Crippen LogP contribution in [0.3, 0.4) is 0 Å². The summed E-state index contributed by atoms with van der Waals surface area (Å²) in [5, 5.41) is 6.39. The minimum atomic E-state index is -4.35. The molecule has 2 N–H and O–H groups in total. The number of aliphatic imine (C=N–C) groups is 1. The number of halogens is 4. The van der Waals surface area contributed by atoms with Gasteiger partial charge in [-0.25, -0.2) is 0 Å². The Labute approximate surface area is 185 Å². The number of methoxy groups -OCH3 is 1. The zero-order chi connectivity index (χ0) is 20.4. The van der Waals surface area contributed by atoms with Crippen molar-refractivity contribution in [2.75, 3.05) is 20.8 Å². The van der Waals surface area contributed by atoms with Gasteiger partial charge in [0, 0.05) is 27.2 Å². The molecule has 0 bridgehead atoms. The molecule has 2 rings (SSSR count). The average molecular weight is 523 g/mol. The van der Waals surface area contributed by atoms with Crippen LogP contribution in [0.4, 0.5) is 13.2 Å². The largest absolute Gasteiger partial charge is 0.484 e. The number of nitrogens with zero attached hydrogens (tertiary/aromatic N) is 1. The number of nitrogens with one attached hydrogen (secondary N) is 2. The first-order chi connectivity index (χ1) is 13.4. The average Bonchev–Trinajstić information content (AvgIpc) is 2.67. The Morgan fingerprint density at radius 1 is 0.966 bits per heavy atom. The van der Waals surface area contributed by atoms with E-state index in [0.717, 1.165) is 16.7 Å². The van der Waals surface area contributed by atoms with Crippen LogP contribution in [0.1, 0.15) is 16.7 Å². The van der Waals surface area contributed by atoms with Crippen LogP contribution in [-0.4, -0.2) is 32.9 Å². The van der Waals surface area contributed by atoms with Gasteiger partial charge in [0.15, 0.2) is 12.6 Å². The fourth-order valence-corrected chi connectivity index (χ4v) is 2.46. The summed E-state index contributed by atoms with van der Waals surface area (Å²) in [6, 6.07) is 14.5. The van der Waals surface area contributed by atoms with Crippen molar-refractivity contribution >= 4 is 29.9 Å². The molecule has 0 aliphatic carbocycles. The molecule has 0 radical (unpaired) electrons. The maximum atomic E-state index is 12.2. The van der Waals surface area contributed by atoms with Crippen molar-refractivity contribution in [3.63, 3.8) is 0 Å². The summed E-state index contributed by atoms with van der Waals surface area (Å²) in [4.78, 5) is 4.17. The second-order valence-electron chi connectivity index (χ2n) is 6.08. The molecule has 9 heteroatoms. The van der Waals surface area contributed by atoms with E-state index in [2.05, 4.69) is 21.7 Å². The van der Waals surface area contributed by atoms with E-state index >= 15 is 0 Å². The Kier molecular flexibility index (Phi) is 10.8. The van der Waals surface area contributed by atoms with Crippen LogP contribution in [0.15, 0.2) is 53.5 Å². The van der Waals surface area contributed by atoms with Crippen molar-refractivity contribution in [3.05, 3.63) is 65.2 Å². The van der Waals surface area contributed by atoms with Gasteiger partial charge in [0.25, 0.3) is 0 Å². The van der Waals surface area contributed by atoms with E-state index in [9.17, 15) is 13.2 Å². The third kappa shape index (κ3) is 9.84. The van der Waals surface area contributed by atoms with Gasteiger partial charge in [-0.1, -0.05) is 36.4 Å². The lowest BCUT2D eigenvalue weighted by molar-refractivity contribution is -0.153. The molecule has 0 fully saturated rings. The molecule has 160 valence electrons. The van der Waals surface area contributed by atoms with E-state index < -0.39 is 12.8 Å². The van der Waals surface area contributed by atoms with Gasteiger partial charge in [0.1, 0.15) is 5.75 Å². The summed E-state index contributed by atoms with van der Waals surface area (Å²) < 4.78 is 46.3. The summed E-state index contributed by atoms with van der Waals surface area (Å²) in [5.41, 5.74) is 3.09. The molecule has 0 aliphatic heterocycles. The number of hydrogen-bond donors (Lipinski definition) is 2. The molecule has 0 saturated carbocycles. The van der Waals surface area contributed by atoms with E-state index in [0.29, 0.717) is 25.7 Å². The van der Waals surface area contributed by atoms with Crippen LogP contribution >= 0.6 is 24.0 Å². The number of alkyl halides is 3. The predicted octanol–water partition coefficient (Wildman–Crippen LogP) is 4.26. The Hall–Kier alpha value is -2.01. The third-order valence-corrected chi connectivity index (χ3v) is 3.77. The standard InChI is InChI=1S/C20H24F3N3O2.HI/c1-24-19(26-12-16-4-3-5-17(10-16)13-27-2)25-11-15-6-8-18(9-7-15)28-14-20(21,22)23;/h3-10H,11-14H2,1-2H3,(H2,24,25,26);1H. The number of hydrogen-bond acceptors (Lipinski definition) is 3. The molecular formula is C20H25F3IN3O2. The van der Waals surface area contributed by atoms with Crippen molar-refractivity contribution in [1.29, 1.82) is 0 Å². The minimum Gasteiger partial charge on any atom is -0.484 e. The Bertz CT molecular complexity index is 768. The van der Waals surface area contributed by atoms with Gasteiger partial charge < -0.3 is 20.1 Å². The van der Waals surface area contributed by atoms with Crippen molar-refractivity contribution in [3.8, 4) is 5.75 Å². The van der Waals surface area contributed by atoms with E-state index in [-0.39, 0.29) is 29.7 Å². The highest BCUT2D eigenvalue weighted by molar-refractivity contribution is 14.0. The molecule has 2 aromatic rings. The Balaban J connectivity index is 0.00000420. The lowest BCUT2D eigenvalue weighted by Crippen LogP contribution is -2.36. The SMILES string of the molecule is CN=C(NCc1ccc(OCC(F)(F)F)cc1)NCc1cccc(COC)c1.I. The first-order valence-corrected chi connectivity index (χ1v) is 8.69. The summed E-state index contributed by atoms with van der Waals surface area (Å²) in [6.45, 7) is 0.334. The quantitative estimate of drug-likeness (QED) is 0.309. The van der Waals surface area contributed by atoms with Crippen LogP contribution in [-0.2, 0) is 24.4 Å². The van der Waals surface area contributed by atoms with Gasteiger partial charge in [-0.3, -0.25) is 4.99 Å². The van der Waals surface area contributed by atoms with Crippen LogP contribution in [0.5, 0.6) is 5.75 Å². The molecule has 5 nitrogen and oxygen atoms in total. The van der Waals surface area contributed by atoms with Crippen molar-refractivity contribution < 1.29 is 22.6 Å². The summed E-state index contributed by atoms with van der Waals surface area (Å²) in [5.74, 6) is 0.800. The monoisotopic (exact) mass is 523 g/mol. The molecule has 0 aliphatic rings. The van der Waals surface area contributed by atoms with Gasteiger partial charge in [0.2, 0.25) is 0 Å². The van der Waals surface area contributed by atoms with Gasteiger partial charge in [-0.2, -0.15) is 13.2 Å². The fourth-order valence-electron chi connectivity index (χ4n) is 2.46. The second-order valence-corrected chi connectivity index (χ2v) is 6.08. The second kappa shape index (κ2) is 12.5. The summed E-state index contributed by atoms with van der Waals surface area (Å²) in [6.07, 6.45) is -4.35. The molecule has 0 saturated heterocycles. The summed E-state index contributed by atoms with van der Waals surface area (Å²) >= 11 is 0. The van der Waals surface area contributed by atoms with Crippen LogP contribution in [0, 0.1) is 0 Å². The maximum absolute atomic E-state index is 12.2. The van der Waals surface area contributed by atoms with Gasteiger partial charge >= 0.3 is 6.18 Å². The van der Waals surface area contributed by atoms with Gasteiger partial charge in [0.05, 0.1) is 6.61 Å².